The van der Waals surface area contributed by atoms with E-state index in [0.29, 0.717) is 10.6 Å². The number of ether oxygens (including phenoxy) is 1. The molecule has 6 heteroatoms. The van der Waals surface area contributed by atoms with E-state index in [0.717, 1.165) is 31.4 Å². The zero-order chi connectivity index (χ0) is 15.4. The molecule has 1 fully saturated rings. The van der Waals surface area contributed by atoms with Crippen molar-refractivity contribution >= 4 is 23.5 Å². The van der Waals surface area contributed by atoms with Crippen LogP contribution in [0.25, 0.3) is 0 Å². The second kappa shape index (κ2) is 6.89. The summed E-state index contributed by atoms with van der Waals surface area (Å²) in [6, 6.07) is 1.74. The molecule has 114 valence electrons. The van der Waals surface area contributed by atoms with Crippen LogP contribution >= 0.6 is 11.6 Å². The van der Waals surface area contributed by atoms with Crippen molar-refractivity contribution in [1.29, 1.82) is 0 Å². The Hall–Kier alpha value is -1.62. The Morgan fingerprint density at radius 3 is 2.57 bits per heavy atom. The molecule has 1 heterocycles. The molecule has 0 saturated heterocycles. The number of carbonyl (C=O) groups excluding carboxylic acids is 2. The average Bonchev–Trinajstić information content (AvgIpc) is 2.47. The summed E-state index contributed by atoms with van der Waals surface area (Å²) in [6.45, 7) is 1.82. The lowest BCUT2D eigenvalue weighted by molar-refractivity contribution is -0.146. The summed E-state index contributed by atoms with van der Waals surface area (Å²) in [5, 5.41) is 3.36. The maximum Gasteiger partial charge on any atom is 0.308 e. The fourth-order valence-corrected chi connectivity index (χ4v) is 2.89. The molecule has 1 aliphatic rings. The van der Waals surface area contributed by atoms with Gasteiger partial charge in [0.25, 0.3) is 5.91 Å². The van der Waals surface area contributed by atoms with Gasteiger partial charge in [-0.2, -0.15) is 0 Å². The highest BCUT2D eigenvalue weighted by atomic mass is 35.5. The SMILES string of the molecule is COC(=O)C1CCC(NC(=O)c2cnc(C)cc2Cl)CC1. The second-order valence-corrected chi connectivity index (χ2v) is 5.76. The van der Waals surface area contributed by atoms with Crippen LogP contribution in [-0.2, 0) is 9.53 Å². The Kier molecular flexibility index (Phi) is 5.17. The number of methoxy groups -OCH3 is 1. The van der Waals surface area contributed by atoms with E-state index in [1.165, 1.54) is 13.3 Å². The Morgan fingerprint density at radius 1 is 1.33 bits per heavy atom. The molecular weight excluding hydrogens is 292 g/mol. The monoisotopic (exact) mass is 310 g/mol. The number of nitrogens with one attached hydrogen (secondary N) is 1. The van der Waals surface area contributed by atoms with E-state index in [4.69, 9.17) is 16.3 Å². The fraction of sp³-hybridized carbons (Fsp3) is 0.533. The zero-order valence-electron chi connectivity index (χ0n) is 12.2. The topological polar surface area (TPSA) is 68.3 Å². The normalized spacial score (nSPS) is 21.7. The van der Waals surface area contributed by atoms with E-state index in [1.807, 2.05) is 6.92 Å². The van der Waals surface area contributed by atoms with Gasteiger partial charge in [0.05, 0.1) is 23.6 Å². The lowest BCUT2D eigenvalue weighted by Gasteiger charge is -2.27. The number of aromatic nitrogens is 1. The molecule has 1 aromatic rings. The van der Waals surface area contributed by atoms with Crippen LogP contribution in [0.15, 0.2) is 12.3 Å². The Bertz CT molecular complexity index is 540. The number of halogens is 1. The summed E-state index contributed by atoms with van der Waals surface area (Å²) in [6.07, 6.45) is 4.49. The van der Waals surface area contributed by atoms with Gasteiger partial charge in [0.2, 0.25) is 0 Å². The fourth-order valence-electron chi connectivity index (χ4n) is 2.60. The van der Waals surface area contributed by atoms with E-state index >= 15 is 0 Å². The zero-order valence-corrected chi connectivity index (χ0v) is 12.9. The molecule has 0 aromatic carbocycles. The third kappa shape index (κ3) is 3.94. The van der Waals surface area contributed by atoms with E-state index < -0.39 is 0 Å². The average molecular weight is 311 g/mol. The first-order chi connectivity index (χ1) is 10.0. The third-order valence-corrected chi connectivity index (χ3v) is 4.14. The smallest absolute Gasteiger partial charge is 0.308 e. The number of rotatable bonds is 3. The summed E-state index contributed by atoms with van der Waals surface area (Å²) in [5.74, 6) is -0.424. The van der Waals surface area contributed by atoms with Crippen molar-refractivity contribution in [2.75, 3.05) is 7.11 Å². The first-order valence-corrected chi connectivity index (χ1v) is 7.40. The van der Waals surface area contributed by atoms with Crippen LogP contribution in [0, 0.1) is 12.8 Å². The highest BCUT2D eigenvalue weighted by Gasteiger charge is 2.28. The minimum absolute atomic E-state index is 0.0484. The predicted molar refractivity (Wildman–Crippen MR) is 79.2 cm³/mol. The molecular formula is C15H19ClN2O3. The number of esters is 1. The molecule has 1 amide bonds. The molecule has 1 N–H and O–H groups in total. The summed E-state index contributed by atoms with van der Waals surface area (Å²) < 4.78 is 4.75. The first kappa shape index (κ1) is 15.8. The lowest BCUT2D eigenvalue weighted by Crippen LogP contribution is -2.39. The van der Waals surface area contributed by atoms with Gasteiger partial charge in [-0.25, -0.2) is 0 Å². The Morgan fingerprint density at radius 2 is 2.00 bits per heavy atom. The van der Waals surface area contributed by atoms with Crippen LogP contribution < -0.4 is 5.32 Å². The minimum Gasteiger partial charge on any atom is -0.469 e. The molecule has 1 aromatic heterocycles. The number of carbonyl (C=O) groups is 2. The number of hydrogen-bond donors (Lipinski definition) is 1. The van der Waals surface area contributed by atoms with Gasteiger partial charge < -0.3 is 10.1 Å². The van der Waals surface area contributed by atoms with E-state index in [-0.39, 0.29) is 23.8 Å². The third-order valence-electron chi connectivity index (χ3n) is 3.83. The van der Waals surface area contributed by atoms with Gasteiger partial charge in [0, 0.05) is 17.9 Å². The number of amides is 1. The quantitative estimate of drug-likeness (QED) is 0.871. The molecule has 1 saturated carbocycles. The second-order valence-electron chi connectivity index (χ2n) is 5.35. The molecule has 21 heavy (non-hydrogen) atoms. The summed E-state index contributed by atoms with van der Waals surface area (Å²) >= 11 is 6.06. The Balaban J connectivity index is 1.91. The van der Waals surface area contributed by atoms with Crippen molar-refractivity contribution in [1.82, 2.24) is 10.3 Å². The van der Waals surface area contributed by atoms with Crippen molar-refractivity contribution in [3.05, 3.63) is 28.5 Å². The minimum atomic E-state index is -0.214. The summed E-state index contributed by atoms with van der Waals surface area (Å²) in [7, 11) is 1.41. The number of hydrogen-bond acceptors (Lipinski definition) is 4. The van der Waals surface area contributed by atoms with Gasteiger partial charge >= 0.3 is 5.97 Å². The van der Waals surface area contributed by atoms with Crippen molar-refractivity contribution in [3.8, 4) is 0 Å². The van der Waals surface area contributed by atoms with Crippen LogP contribution in [0.4, 0.5) is 0 Å². The van der Waals surface area contributed by atoms with E-state index in [9.17, 15) is 9.59 Å². The maximum absolute atomic E-state index is 12.2. The van der Waals surface area contributed by atoms with Crippen molar-refractivity contribution < 1.29 is 14.3 Å². The summed E-state index contributed by atoms with van der Waals surface area (Å²) in [4.78, 5) is 27.7. The molecule has 1 aliphatic carbocycles. The van der Waals surface area contributed by atoms with Crippen LogP contribution in [0.2, 0.25) is 5.02 Å². The van der Waals surface area contributed by atoms with Crippen molar-refractivity contribution in [2.24, 2.45) is 5.92 Å². The molecule has 0 unspecified atom stereocenters. The van der Waals surface area contributed by atoms with Gasteiger partial charge in [-0.1, -0.05) is 11.6 Å². The van der Waals surface area contributed by atoms with Crippen LogP contribution in [-0.4, -0.2) is 30.0 Å². The molecule has 0 atom stereocenters. The van der Waals surface area contributed by atoms with Crippen LogP contribution in [0.1, 0.15) is 41.7 Å². The molecule has 0 radical (unpaired) electrons. The summed E-state index contributed by atoms with van der Waals surface area (Å²) in [5.41, 5.74) is 1.16. The molecule has 5 nitrogen and oxygen atoms in total. The van der Waals surface area contributed by atoms with Gasteiger partial charge in [-0.15, -0.1) is 0 Å². The highest BCUT2D eigenvalue weighted by molar-refractivity contribution is 6.33. The Labute approximate surface area is 129 Å². The molecule has 0 bridgehead atoms. The van der Waals surface area contributed by atoms with E-state index in [2.05, 4.69) is 10.3 Å². The largest absolute Gasteiger partial charge is 0.469 e. The number of aryl methyl sites for hydroxylation is 1. The standard InChI is InChI=1S/C15H19ClN2O3/c1-9-7-13(16)12(8-17-9)14(19)18-11-5-3-10(4-6-11)15(20)21-2/h7-8,10-11H,3-6H2,1-2H3,(H,18,19). The van der Waals surface area contributed by atoms with Crippen LogP contribution in [0.3, 0.4) is 0 Å². The van der Waals surface area contributed by atoms with Gasteiger partial charge in [-0.3, -0.25) is 14.6 Å². The van der Waals surface area contributed by atoms with E-state index in [1.54, 1.807) is 6.07 Å². The molecule has 0 spiro atoms. The maximum atomic E-state index is 12.2. The van der Waals surface area contributed by atoms with Gasteiger partial charge in [0.15, 0.2) is 0 Å². The number of pyridine rings is 1. The highest BCUT2D eigenvalue weighted by Crippen LogP contribution is 2.26. The molecule has 0 aliphatic heterocycles. The lowest BCUT2D eigenvalue weighted by atomic mass is 9.86. The van der Waals surface area contributed by atoms with Gasteiger partial charge in [-0.05, 0) is 38.7 Å². The molecule has 2 rings (SSSR count). The number of nitrogens with zero attached hydrogens (tertiary/aromatic N) is 1. The predicted octanol–water partition coefficient (Wildman–Crippen LogP) is 2.51. The van der Waals surface area contributed by atoms with Crippen LogP contribution in [0.5, 0.6) is 0 Å². The van der Waals surface area contributed by atoms with Crippen molar-refractivity contribution in [2.45, 2.75) is 38.6 Å². The first-order valence-electron chi connectivity index (χ1n) is 7.02. The van der Waals surface area contributed by atoms with Gasteiger partial charge in [0.1, 0.15) is 0 Å². The van der Waals surface area contributed by atoms with Crippen molar-refractivity contribution in [3.63, 3.8) is 0 Å².